The van der Waals surface area contributed by atoms with Gasteiger partial charge >= 0.3 is 11.3 Å². The van der Waals surface area contributed by atoms with E-state index >= 15 is 0 Å². The molecule has 3 heteroatoms. The van der Waals surface area contributed by atoms with E-state index in [0.29, 0.717) is 0 Å². The fourth-order valence-electron chi connectivity index (χ4n) is 2.66. The molecule has 0 radical (unpaired) electrons. The zero-order chi connectivity index (χ0) is 18.3. The molecule has 3 nitrogen and oxygen atoms in total. The number of carbonyl (C=O) groups is 1. The molecule has 0 saturated heterocycles. The molecule has 0 spiro atoms. The Balaban J connectivity index is 0. The average molecular weight is 341 g/mol. The molecule has 0 rings (SSSR count). The van der Waals surface area contributed by atoms with Gasteiger partial charge in [0.05, 0.1) is 0 Å². The molecule has 0 saturated carbocycles. The molecule has 0 aliphatic heterocycles. The second kappa shape index (κ2) is 24.6. The maximum absolute atomic E-state index is 10.4. The van der Waals surface area contributed by atoms with Crippen LogP contribution < -0.4 is 0 Å². The summed E-state index contributed by atoms with van der Waals surface area (Å²) < 4.78 is 13.0. The first-order chi connectivity index (χ1) is 11.8. The van der Waals surface area contributed by atoms with Crippen LogP contribution >= 0.6 is 0 Å². The van der Waals surface area contributed by atoms with Crippen molar-refractivity contribution in [2.45, 2.75) is 104 Å². The van der Waals surface area contributed by atoms with Gasteiger partial charge in [-0.15, -0.1) is 0 Å². The summed E-state index contributed by atoms with van der Waals surface area (Å²) in [6.07, 6.45) is 19.9. The topological polar surface area (TPSA) is 46.2 Å². The minimum atomic E-state index is 0.145. The Kier molecular flexibility index (Phi) is 26.3. The van der Waals surface area contributed by atoms with Crippen LogP contribution in [0, 0.1) is 12.6 Å². The van der Waals surface area contributed by atoms with Gasteiger partial charge in [-0.25, -0.2) is 0 Å². The summed E-state index contributed by atoms with van der Waals surface area (Å²) in [6, 6.07) is 0. The number of carbonyl (C=O) groups excluding carboxylic acids is 1. The fourth-order valence-corrected chi connectivity index (χ4v) is 2.66. The summed E-state index contributed by atoms with van der Waals surface area (Å²) in [6.45, 7) is 10.3. The van der Waals surface area contributed by atoms with Crippen molar-refractivity contribution in [1.29, 1.82) is 0 Å². The molecule has 24 heavy (non-hydrogen) atoms. The monoisotopic (exact) mass is 340 g/mol. The van der Waals surface area contributed by atoms with Crippen molar-refractivity contribution >= 4 is 6.29 Å². The van der Waals surface area contributed by atoms with E-state index in [4.69, 9.17) is 9.39 Å². The number of unbranched alkanes of at least 4 members (excludes halogenated alkanes) is 12. The van der Waals surface area contributed by atoms with Crippen LogP contribution in [0.4, 0.5) is 0 Å². The zero-order valence-corrected chi connectivity index (χ0v) is 16.2. The Morgan fingerprint density at radius 3 is 1.62 bits per heavy atom. The number of ether oxygens (including phenoxy) is 1. The minimum absolute atomic E-state index is 0.145. The van der Waals surface area contributed by atoms with E-state index in [-0.39, 0.29) is 5.92 Å². The van der Waals surface area contributed by atoms with Crippen LogP contribution in [0.3, 0.4) is 0 Å². The van der Waals surface area contributed by atoms with E-state index in [1.807, 2.05) is 6.92 Å². The third-order valence-corrected chi connectivity index (χ3v) is 4.34. The van der Waals surface area contributed by atoms with E-state index in [1.54, 1.807) is 0 Å². The van der Waals surface area contributed by atoms with Crippen LogP contribution in [-0.2, 0) is 14.2 Å². The van der Waals surface area contributed by atoms with Crippen molar-refractivity contribution < 1.29 is 14.2 Å². The van der Waals surface area contributed by atoms with Gasteiger partial charge in [-0.2, -0.15) is 0 Å². The van der Waals surface area contributed by atoms with Gasteiger partial charge in [0.25, 0.3) is 0 Å². The number of hydrogen-bond acceptors (Lipinski definition) is 2. The molecule has 0 heterocycles. The number of aldehydes is 1. The van der Waals surface area contributed by atoms with Crippen molar-refractivity contribution in [2.75, 3.05) is 13.2 Å². The zero-order valence-electron chi connectivity index (χ0n) is 16.2. The third-order valence-electron chi connectivity index (χ3n) is 4.34. The van der Waals surface area contributed by atoms with Crippen molar-refractivity contribution in [3.05, 3.63) is 6.65 Å². The Morgan fingerprint density at radius 2 is 1.21 bits per heavy atom. The van der Waals surface area contributed by atoms with Gasteiger partial charge in [-0.3, -0.25) is 0 Å². The third kappa shape index (κ3) is 23.6. The van der Waals surface area contributed by atoms with Gasteiger partial charge < -0.3 is 9.53 Å². The molecule has 142 valence electrons. The maximum atomic E-state index is 10.4. The Bertz CT molecular complexity index is 251. The Morgan fingerprint density at radius 1 is 0.792 bits per heavy atom. The molecule has 0 bridgehead atoms. The molecule has 0 aliphatic carbocycles. The van der Waals surface area contributed by atoms with Crippen molar-refractivity contribution in [2.24, 2.45) is 5.92 Å². The molecule has 1 atom stereocenters. The molecule has 0 aromatic rings. The summed E-state index contributed by atoms with van der Waals surface area (Å²) in [5.41, 5.74) is 0. The summed E-state index contributed by atoms with van der Waals surface area (Å²) in [5, 5.41) is 0. The van der Waals surface area contributed by atoms with Crippen LogP contribution in [0.5, 0.6) is 0 Å². The van der Waals surface area contributed by atoms with Crippen LogP contribution in [0.25, 0.3) is 0 Å². The SMILES string of the molecule is CCCCCCCCCCCCCCCOCCC(C)C=O.[C-]#[O+]. The second-order valence-corrected chi connectivity index (χ2v) is 6.76. The number of hydrogen-bond donors (Lipinski definition) is 0. The Hall–Kier alpha value is -0.630. The molecule has 0 amide bonds. The van der Waals surface area contributed by atoms with E-state index in [9.17, 15) is 4.79 Å². The fraction of sp³-hybridized carbons (Fsp3) is 0.905. The summed E-state index contributed by atoms with van der Waals surface area (Å²) >= 11 is 0. The molecule has 0 aromatic heterocycles. The second-order valence-electron chi connectivity index (χ2n) is 6.76. The normalized spacial score (nSPS) is 11.5. The molecule has 0 aromatic carbocycles. The van der Waals surface area contributed by atoms with E-state index in [1.165, 1.54) is 83.5 Å². The molecular weight excluding hydrogens is 300 g/mol. The van der Waals surface area contributed by atoms with Gasteiger partial charge in [0, 0.05) is 19.1 Å². The Labute approximate surface area is 150 Å². The van der Waals surface area contributed by atoms with Crippen LogP contribution in [0.2, 0.25) is 0 Å². The summed E-state index contributed by atoms with van der Waals surface area (Å²) in [4.78, 5) is 10.4. The van der Waals surface area contributed by atoms with E-state index in [2.05, 4.69) is 13.6 Å². The van der Waals surface area contributed by atoms with Gasteiger partial charge in [0.2, 0.25) is 0 Å². The van der Waals surface area contributed by atoms with Gasteiger partial charge in [0.1, 0.15) is 6.29 Å². The predicted molar refractivity (Wildman–Crippen MR) is 100 cm³/mol. The summed E-state index contributed by atoms with van der Waals surface area (Å²) in [5.74, 6) is 0.145. The van der Waals surface area contributed by atoms with Gasteiger partial charge in [0.15, 0.2) is 0 Å². The van der Waals surface area contributed by atoms with Crippen LogP contribution in [-0.4, -0.2) is 19.5 Å². The van der Waals surface area contributed by atoms with Crippen molar-refractivity contribution in [3.63, 3.8) is 0 Å². The first-order valence-electron chi connectivity index (χ1n) is 10.0. The average Bonchev–Trinajstić information content (AvgIpc) is 2.62. The first-order valence-corrected chi connectivity index (χ1v) is 10.0. The standard InChI is InChI=1S/C20H40O2.CO/c1-3-4-5-6-7-8-9-10-11-12-13-14-15-17-22-18-16-20(2)19-21;1-2/h19-20H,3-18H2,1-2H3;. The first kappa shape index (κ1) is 25.6. The summed E-state index contributed by atoms with van der Waals surface area (Å²) in [7, 11) is 0. The van der Waals surface area contributed by atoms with E-state index < -0.39 is 0 Å². The van der Waals surface area contributed by atoms with E-state index in [0.717, 1.165) is 25.9 Å². The molecule has 0 fully saturated rings. The van der Waals surface area contributed by atoms with Gasteiger partial charge in [-0.05, 0) is 12.8 Å². The van der Waals surface area contributed by atoms with Crippen molar-refractivity contribution in [1.82, 2.24) is 0 Å². The van der Waals surface area contributed by atoms with Crippen LogP contribution in [0.15, 0.2) is 0 Å². The molecular formula is C21H40O3. The van der Waals surface area contributed by atoms with Crippen LogP contribution in [0.1, 0.15) is 104 Å². The quantitative estimate of drug-likeness (QED) is 0.127. The number of rotatable bonds is 18. The molecule has 0 aliphatic rings. The molecule has 0 N–H and O–H groups in total. The molecule has 1 unspecified atom stereocenters. The predicted octanol–water partition coefficient (Wildman–Crippen LogP) is 6.28. The van der Waals surface area contributed by atoms with Gasteiger partial charge in [-0.1, -0.05) is 90.9 Å². The van der Waals surface area contributed by atoms with Crippen molar-refractivity contribution in [3.8, 4) is 0 Å².